The molecule has 1 heterocycles. The van der Waals surface area contributed by atoms with Gasteiger partial charge < -0.3 is 15.0 Å². The van der Waals surface area contributed by atoms with Gasteiger partial charge in [0.25, 0.3) is 0 Å². The van der Waals surface area contributed by atoms with E-state index in [0.717, 1.165) is 41.9 Å². The maximum Gasteiger partial charge on any atom is 0.193 e. The highest BCUT2D eigenvalue weighted by molar-refractivity contribution is 7.09. The number of nitrogens with one attached hydrogen (secondary N) is 1. The first-order chi connectivity index (χ1) is 11.2. The van der Waals surface area contributed by atoms with E-state index in [0.29, 0.717) is 6.61 Å². The Labute approximate surface area is 142 Å². The minimum absolute atomic E-state index is 0.618. The van der Waals surface area contributed by atoms with Gasteiger partial charge in [0.2, 0.25) is 0 Å². The molecule has 2 aromatic rings. The standard InChI is InChI=1S/C17H24N4OS/c1-14-20-15(13-23-14)9-10-19-17(18-2)21(3)11-12-22-16-7-5-4-6-8-16/h4-8,13H,9-12H2,1-3H3,(H,18,19). The van der Waals surface area contributed by atoms with Crippen molar-refractivity contribution in [2.45, 2.75) is 13.3 Å². The molecule has 0 bridgehead atoms. The van der Waals surface area contributed by atoms with Crippen LogP contribution in [0.3, 0.4) is 0 Å². The predicted octanol–water partition coefficient (Wildman–Crippen LogP) is 2.58. The number of guanidine groups is 1. The van der Waals surface area contributed by atoms with Gasteiger partial charge in [-0.25, -0.2) is 4.98 Å². The van der Waals surface area contributed by atoms with Crippen LogP contribution in [0.1, 0.15) is 10.7 Å². The number of nitrogens with zero attached hydrogens (tertiary/aromatic N) is 3. The number of para-hydroxylation sites is 1. The molecule has 0 unspecified atom stereocenters. The quantitative estimate of drug-likeness (QED) is 0.625. The maximum atomic E-state index is 5.71. The number of ether oxygens (including phenoxy) is 1. The SMILES string of the molecule is CN=C(NCCc1csc(C)n1)N(C)CCOc1ccccc1. The van der Waals surface area contributed by atoms with E-state index < -0.39 is 0 Å². The zero-order valence-electron chi connectivity index (χ0n) is 14.0. The lowest BCUT2D eigenvalue weighted by molar-refractivity contribution is 0.281. The highest BCUT2D eigenvalue weighted by Gasteiger charge is 2.06. The second-order valence-corrected chi connectivity index (χ2v) is 6.23. The largest absolute Gasteiger partial charge is 0.492 e. The first-order valence-corrected chi connectivity index (χ1v) is 8.57. The average molecular weight is 332 g/mol. The van der Waals surface area contributed by atoms with Gasteiger partial charge in [0.1, 0.15) is 12.4 Å². The van der Waals surface area contributed by atoms with Gasteiger partial charge in [-0.15, -0.1) is 11.3 Å². The lowest BCUT2D eigenvalue weighted by atomic mass is 10.3. The number of thiazole rings is 1. The van der Waals surface area contributed by atoms with Crippen LogP contribution in [-0.4, -0.2) is 49.6 Å². The van der Waals surface area contributed by atoms with Crippen molar-refractivity contribution in [2.75, 3.05) is 33.8 Å². The zero-order chi connectivity index (χ0) is 16.5. The summed E-state index contributed by atoms with van der Waals surface area (Å²) in [6.07, 6.45) is 0.901. The highest BCUT2D eigenvalue weighted by Crippen LogP contribution is 2.08. The zero-order valence-corrected chi connectivity index (χ0v) is 14.8. The van der Waals surface area contributed by atoms with Crippen LogP contribution in [0, 0.1) is 6.92 Å². The van der Waals surface area contributed by atoms with Crippen LogP contribution in [0.25, 0.3) is 0 Å². The van der Waals surface area contributed by atoms with Crippen LogP contribution in [0.2, 0.25) is 0 Å². The Balaban J connectivity index is 1.69. The third kappa shape index (κ3) is 5.90. The van der Waals surface area contributed by atoms with Gasteiger partial charge in [-0.2, -0.15) is 0 Å². The van der Waals surface area contributed by atoms with Gasteiger partial charge in [0.15, 0.2) is 5.96 Å². The van der Waals surface area contributed by atoms with Crippen LogP contribution < -0.4 is 10.1 Å². The Bertz CT molecular complexity index is 612. The van der Waals surface area contributed by atoms with Crippen molar-refractivity contribution >= 4 is 17.3 Å². The number of aryl methyl sites for hydroxylation is 1. The summed E-state index contributed by atoms with van der Waals surface area (Å²) in [5.41, 5.74) is 1.13. The van der Waals surface area contributed by atoms with Gasteiger partial charge in [0, 0.05) is 32.4 Å². The van der Waals surface area contributed by atoms with Gasteiger partial charge in [-0.05, 0) is 19.1 Å². The fourth-order valence-electron chi connectivity index (χ4n) is 2.13. The summed E-state index contributed by atoms with van der Waals surface area (Å²) < 4.78 is 5.71. The van der Waals surface area contributed by atoms with Gasteiger partial charge in [-0.1, -0.05) is 18.2 Å². The van der Waals surface area contributed by atoms with Gasteiger partial charge >= 0.3 is 0 Å². The van der Waals surface area contributed by atoms with E-state index in [9.17, 15) is 0 Å². The lowest BCUT2D eigenvalue weighted by Gasteiger charge is -2.22. The summed E-state index contributed by atoms with van der Waals surface area (Å²) in [5.74, 6) is 1.76. The summed E-state index contributed by atoms with van der Waals surface area (Å²) in [6.45, 7) is 4.23. The van der Waals surface area contributed by atoms with Gasteiger partial charge in [0.05, 0.1) is 17.2 Å². The van der Waals surface area contributed by atoms with E-state index in [1.54, 1.807) is 18.4 Å². The van der Waals surface area contributed by atoms with Crippen LogP contribution in [-0.2, 0) is 6.42 Å². The van der Waals surface area contributed by atoms with E-state index >= 15 is 0 Å². The number of likely N-dealkylation sites (N-methyl/N-ethyl adjacent to an activating group) is 1. The average Bonchev–Trinajstić information content (AvgIpc) is 2.98. The fraction of sp³-hybridized carbons (Fsp3) is 0.412. The summed E-state index contributed by atoms with van der Waals surface area (Å²) >= 11 is 1.69. The Morgan fingerprint density at radius 2 is 2.13 bits per heavy atom. The number of benzene rings is 1. The molecular formula is C17H24N4OS. The van der Waals surface area contributed by atoms with Crippen molar-refractivity contribution < 1.29 is 4.74 Å². The van der Waals surface area contributed by atoms with E-state index in [-0.39, 0.29) is 0 Å². The van der Waals surface area contributed by atoms with Crippen molar-refractivity contribution in [2.24, 2.45) is 4.99 Å². The first-order valence-electron chi connectivity index (χ1n) is 7.69. The Hall–Kier alpha value is -2.08. The molecule has 0 amide bonds. The molecular weight excluding hydrogens is 308 g/mol. The molecule has 0 aliphatic rings. The van der Waals surface area contributed by atoms with Crippen molar-refractivity contribution in [1.82, 2.24) is 15.2 Å². The molecule has 0 saturated carbocycles. The summed E-state index contributed by atoms with van der Waals surface area (Å²) in [5, 5.41) is 6.58. The fourth-order valence-corrected chi connectivity index (χ4v) is 2.78. The molecule has 5 nitrogen and oxygen atoms in total. The molecule has 0 atom stereocenters. The van der Waals surface area contributed by atoms with Crippen LogP contribution in [0.15, 0.2) is 40.7 Å². The molecule has 0 radical (unpaired) electrons. The van der Waals surface area contributed by atoms with E-state index in [1.165, 1.54) is 0 Å². The maximum absolute atomic E-state index is 5.71. The predicted molar refractivity (Wildman–Crippen MR) is 96.5 cm³/mol. The third-order valence-corrected chi connectivity index (χ3v) is 4.17. The summed E-state index contributed by atoms with van der Waals surface area (Å²) in [6, 6.07) is 9.85. The number of hydrogen-bond donors (Lipinski definition) is 1. The van der Waals surface area contributed by atoms with Crippen molar-refractivity contribution in [3.8, 4) is 5.75 Å². The molecule has 1 N–H and O–H groups in total. The molecule has 0 aliphatic heterocycles. The minimum atomic E-state index is 0.618. The van der Waals surface area contributed by atoms with E-state index in [1.807, 2.05) is 44.3 Å². The third-order valence-electron chi connectivity index (χ3n) is 3.34. The number of rotatable bonds is 7. The molecule has 1 aromatic carbocycles. The van der Waals surface area contributed by atoms with Crippen molar-refractivity contribution in [3.05, 3.63) is 46.4 Å². The van der Waals surface area contributed by atoms with Gasteiger partial charge in [-0.3, -0.25) is 4.99 Å². The molecule has 6 heteroatoms. The molecule has 0 saturated heterocycles. The molecule has 0 spiro atoms. The number of hydrogen-bond acceptors (Lipinski definition) is 4. The molecule has 0 fully saturated rings. The van der Waals surface area contributed by atoms with Crippen LogP contribution >= 0.6 is 11.3 Å². The lowest BCUT2D eigenvalue weighted by Crippen LogP contribution is -2.41. The van der Waals surface area contributed by atoms with E-state index in [4.69, 9.17) is 4.74 Å². The summed E-state index contributed by atoms with van der Waals surface area (Å²) in [7, 11) is 3.81. The molecule has 1 aromatic heterocycles. The molecule has 2 rings (SSSR count). The highest BCUT2D eigenvalue weighted by atomic mass is 32.1. The van der Waals surface area contributed by atoms with Crippen molar-refractivity contribution in [1.29, 1.82) is 0 Å². The second-order valence-electron chi connectivity index (χ2n) is 5.16. The molecule has 23 heavy (non-hydrogen) atoms. The number of aromatic nitrogens is 1. The monoisotopic (exact) mass is 332 g/mol. The minimum Gasteiger partial charge on any atom is -0.492 e. The second kappa shape index (κ2) is 9.15. The van der Waals surface area contributed by atoms with Crippen LogP contribution in [0.5, 0.6) is 5.75 Å². The molecule has 0 aliphatic carbocycles. The van der Waals surface area contributed by atoms with Crippen molar-refractivity contribution in [3.63, 3.8) is 0 Å². The number of aliphatic imine (C=N–C) groups is 1. The Kier molecular flexibility index (Phi) is 6.87. The molecule has 124 valence electrons. The summed E-state index contributed by atoms with van der Waals surface area (Å²) in [4.78, 5) is 10.8. The Morgan fingerprint density at radius 3 is 2.78 bits per heavy atom. The normalized spacial score (nSPS) is 11.3. The smallest absolute Gasteiger partial charge is 0.193 e. The topological polar surface area (TPSA) is 49.8 Å². The van der Waals surface area contributed by atoms with E-state index in [2.05, 4.69) is 25.6 Å². The Morgan fingerprint density at radius 1 is 1.35 bits per heavy atom. The van der Waals surface area contributed by atoms with Crippen LogP contribution in [0.4, 0.5) is 0 Å². The first kappa shape index (κ1) is 17.3.